The molecule has 1 aliphatic heterocycles. The van der Waals surface area contributed by atoms with Gasteiger partial charge < -0.3 is 15.0 Å². The Kier molecular flexibility index (Phi) is 6.65. The lowest BCUT2D eigenvalue weighted by Gasteiger charge is -2.35. The van der Waals surface area contributed by atoms with Crippen LogP contribution in [0.1, 0.15) is 33.6 Å². The van der Waals surface area contributed by atoms with E-state index < -0.39 is 0 Å². The molecule has 0 aromatic rings. The van der Waals surface area contributed by atoms with Crippen molar-refractivity contribution < 1.29 is 9.53 Å². The fourth-order valence-electron chi connectivity index (χ4n) is 2.67. The van der Waals surface area contributed by atoms with E-state index in [1.165, 1.54) is 20.0 Å². The van der Waals surface area contributed by atoms with Gasteiger partial charge in [-0.05, 0) is 44.3 Å². The summed E-state index contributed by atoms with van der Waals surface area (Å²) in [4.78, 5) is 14.0. The lowest BCUT2D eigenvalue weighted by Crippen LogP contribution is -2.48. The molecule has 1 rings (SSSR count). The number of esters is 1. The van der Waals surface area contributed by atoms with Crippen molar-refractivity contribution in [3.8, 4) is 0 Å². The summed E-state index contributed by atoms with van der Waals surface area (Å²) >= 11 is 0. The third-order valence-corrected chi connectivity index (χ3v) is 3.95. The summed E-state index contributed by atoms with van der Waals surface area (Å²) in [6.07, 6.45) is 2.50. The molecule has 4 nitrogen and oxygen atoms in total. The van der Waals surface area contributed by atoms with Crippen LogP contribution in [0.25, 0.3) is 0 Å². The van der Waals surface area contributed by atoms with Crippen molar-refractivity contribution in [2.75, 3.05) is 33.3 Å². The van der Waals surface area contributed by atoms with Crippen molar-refractivity contribution in [1.82, 2.24) is 10.2 Å². The minimum Gasteiger partial charge on any atom is -0.468 e. The number of ether oxygens (including phenoxy) is 1. The van der Waals surface area contributed by atoms with Gasteiger partial charge in [-0.2, -0.15) is 0 Å². The summed E-state index contributed by atoms with van der Waals surface area (Å²) in [5, 5.41) is 3.20. The van der Waals surface area contributed by atoms with E-state index in [4.69, 9.17) is 4.74 Å². The first-order chi connectivity index (χ1) is 8.58. The molecule has 0 bridgehead atoms. The van der Waals surface area contributed by atoms with Gasteiger partial charge in [-0.15, -0.1) is 0 Å². The van der Waals surface area contributed by atoms with Crippen LogP contribution >= 0.6 is 0 Å². The van der Waals surface area contributed by atoms with Gasteiger partial charge in [0.15, 0.2) is 0 Å². The number of nitrogens with one attached hydrogen (secondary N) is 1. The topological polar surface area (TPSA) is 41.6 Å². The number of likely N-dealkylation sites (tertiary alicyclic amines) is 1. The van der Waals surface area contributed by atoms with Crippen LogP contribution in [0.15, 0.2) is 0 Å². The summed E-state index contributed by atoms with van der Waals surface area (Å²) in [5.41, 5.74) is 0. The molecular weight excluding hydrogens is 228 g/mol. The van der Waals surface area contributed by atoms with E-state index in [2.05, 4.69) is 24.1 Å². The van der Waals surface area contributed by atoms with Gasteiger partial charge in [0.25, 0.3) is 0 Å². The number of hydrogen-bond acceptors (Lipinski definition) is 4. The van der Waals surface area contributed by atoms with Crippen molar-refractivity contribution >= 4 is 5.97 Å². The van der Waals surface area contributed by atoms with Gasteiger partial charge in [0.2, 0.25) is 0 Å². The van der Waals surface area contributed by atoms with Crippen molar-refractivity contribution in [3.05, 3.63) is 0 Å². The molecule has 0 aliphatic carbocycles. The van der Waals surface area contributed by atoms with E-state index in [1.54, 1.807) is 0 Å². The van der Waals surface area contributed by atoms with Gasteiger partial charge in [-0.1, -0.05) is 20.8 Å². The smallest absolute Gasteiger partial charge is 0.324 e. The Bertz CT molecular complexity index is 248. The van der Waals surface area contributed by atoms with E-state index in [0.717, 1.165) is 38.0 Å². The number of hydrogen-bond donors (Lipinski definition) is 1. The average molecular weight is 256 g/mol. The Balaban J connectivity index is 2.39. The molecule has 4 heteroatoms. The summed E-state index contributed by atoms with van der Waals surface area (Å²) in [6, 6.07) is -0.185. The standard InChI is InChI=1S/C14H28N2O2/c1-5-15-13(14(17)18-4)10-16-8-6-12(7-9-16)11(2)3/h11-13,15H,5-10H2,1-4H3. The Hall–Kier alpha value is -0.610. The second-order valence-electron chi connectivity index (χ2n) is 5.52. The zero-order valence-corrected chi connectivity index (χ0v) is 12.2. The number of piperidine rings is 1. The van der Waals surface area contributed by atoms with Crippen LogP contribution in [0.2, 0.25) is 0 Å². The highest BCUT2D eigenvalue weighted by atomic mass is 16.5. The summed E-state index contributed by atoms with van der Waals surface area (Å²) in [5.74, 6) is 1.47. The van der Waals surface area contributed by atoms with E-state index in [1.807, 2.05) is 6.92 Å². The van der Waals surface area contributed by atoms with Crippen LogP contribution in [0.5, 0.6) is 0 Å². The van der Waals surface area contributed by atoms with Crippen molar-refractivity contribution in [2.24, 2.45) is 11.8 Å². The molecule has 106 valence electrons. The molecule has 0 aromatic carbocycles. The number of nitrogens with zero attached hydrogens (tertiary/aromatic N) is 1. The maximum atomic E-state index is 11.6. The molecule has 1 saturated heterocycles. The van der Waals surface area contributed by atoms with Gasteiger partial charge in [0, 0.05) is 6.54 Å². The van der Waals surface area contributed by atoms with Crippen molar-refractivity contribution in [2.45, 2.75) is 39.7 Å². The quantitative estimate of drug-likeness (QED) is 0.731. The van der Waals surface area contributed by atoms with Gasteiger partial charge in [-0.3, -0.25) is 4.79 Å². The highest BCUT2D eigenvalue weighted by Gasteiger charge is 2.26. The highest BCUT2D eigenvalue weighted by Crippen LogP contribution is 2.24. The average Bonchev–Trinajstić information content (AvgIpc) is 2.38. The van der Waals surface area contributed by atoms with Crippen LogP contribution in [-0.4, -0.2) is 50.2 Å². The molecule has 1 atom stereocenters. The van der Waals surface area contributed by atoms with Crippen molar-refractivity contribution in [3.63, 3.8) is 0 Å². The number of carbonyl (C=O) groups excluding carboxylic acids is 1. The van der Waals surface area contributed by atoms with Gasteiger partial charge in [0.1, 0.15) is 6.04 Å². The minimum atomic E-state index is -0.185. The third-order valence-electron chi connectivity index (χ3n) is 3.95. The highest BCUT2D eigenvalue weighted by molar-refractivity contribution is 5.75. The number of rotatable bonds is 6. The fourth-order valence-corrected chi connectivity index (χ4v) is 2.67. The summed E-state index contributed by atoms with van der Waals surface area (Å²) in [6.45, 7) is 10.4. The molecule has 0 amide bonds. The Morgan fingerprint density at radius 1 is 1.39 bits per heavy atom. The molecule has 1 fully saturated rings. The molecule has 18 heavy (non-hydrogen) atoms. The minimum absolute atomic E-state index is 0.150. The number of carbonyl (C=O) groups is 1. The fraction of sp³-hybridized carbons (Fsp3) is 0.929. The molecule has 1 aliphatic rings. The van der Waals surface area contributed by atoms with Gasteiger partial charge in [-0.25, -0.2) is 0 Å². The van der Waals surface area contributed by atoms with Crippen LogP contribution in [-0.2, 0) is 9.53 Å². The molecule has 0 spiro atoms. The van der Waals surface area contributed by atoms with Crippen LogP contribution in [0.3, 0.4) is 0 Å². The first kappa shape index (κ1) is 15.4. The van der Waals surface area contributed by atoms with Gasteiger partial charge in [0.05, 0.1) is 7.11 Å². The van der Waals surface area contributed by atoms with Crippen LogP contribution in [0, 0.1) is 11.8 Å². The SMILES string of the molecule is CCNC(CN1CCC(C(C)C)CC1)C(=O)OC. The number of methoxy groups -OCH3 is 1. The van der Waals surface area contributed by atoms with Crippen molar-refractivity contribution in [1.29, 1.82) is 0 Å². The van der Waals surface area contributed by atoms with Crippen LogP contribution < -0.4 is 5.32 Å². The van der Waals surface area contributed by atoms with E-state index in [9.17, 15) is 4.79 Å². The monoisotopic (exact) mass is 256 g/mol. The molecule has 0 saturated carbocycles. The molecule has 1 N–H and O–H groups in total. The second kappa shape index (κ2) is 7.74. The maximum Gasteiger partial charge on any atom is 0.324 e. The van der Waals surface area contributed by atoms with Crippen LogP contribution in [0.4, 0.5) is 0 Å². The molecule has 0 aromatic heterocycles. The first-order valence-electron chi connectivity index (χ1n) is 7.12. The second-order valence-corrected chi connectivity index (χ2v) is 5.52. The Labute approximate surface area is 111 Å². The summed E-state index contributed by atoms with van der Waals surface area (Å²) < 4.78 is 4.84. The predicted octanol–water partition coefficient (Wildman–Crippen LogP) is 1.51. The summed E-state index contributed by atoms with van der Waals surface area (Å²) in [7, 11) is 1.46. The third kappa shape index (κ3) is 4.58. The zero-order chi connectivity index (χ0) is 13.5. The lowest BCUT2D eigenvalue weighted by molar-refractivity contribution is -0.143. The van der Waals surface area contributed by atoms with E-state index >= 15 is 0 Å². The van der Waals surface area contributed by atoms with Gasteiger partial charge >= 0.3 is 5.97 Å². The predicted molar refractivity (Wildman–Crippen MR) is 73.5 cm³/mol. The number of likely N-dealkylation sites (N-methyl/N-ethyl adjacent to an activating group) is 1. The molecular formula is C14H28N2O2. The molecule has 1 heterocycles. The largest absolute Gasteiger partial charge is 0.468 e. The normalized spacial score (nSPS) is 20.1. The van der Waals surface area contributed by atoms with E-state index in [0.29, 0.717) is 0 Å². The van der Waals surface area contributed by atoms with E-state index in [-0.39, 0.29) is 12.0 Å². The Morgan fingerprint density at radius 2 is 2.00 bits per heavy atom. The molecule has 1 unspecified atom stereocenters. The lowest BCUT2D eigenvalue weighted by atomic mass is 9.86. The first-order valence-corrected chi connectivity index (χ1v) is 7.12. The Morgan fingerprint density at radius 3 is 2.44 bits per heavy atom. The molecule has 0 radical (unpaired) electrons. The maximum absolute atomic E-state index is 11.6. The zero-order valence-electron chi connectivity index (χ0n) is 12.2.